The zero-order valence-corrected chi connectivity index (χ0v) is 15.4. The topological polar surface area (TPSA) is 105 Å². The van der Waals surface area contributed by atoms with Gasteiger partial charge in [-0.15, -0.1) is 12.4 Å². The minimum absolute atomic E-state index is 0. The molecule has 2 aliphatic rings. The summed E-state index contributed by atoms with van der Waals surface area (Å²) < 4.78 is 0. The molecule has 4 N–H and O–H groups in total. The van der Waals surface area contributed by atoms with Gasteiger partial charge < -0.3 is 21.3 Å². The highest BCUT2D eigenvalue weighted by Gasteiger charge is 2.34. The monoisotopic (exact) mass is 380 g/mol. The van der Waals surface area contributed by atoms with Crippen LogP contribution >= 0.6 is 12.4 Å². The highest BCUT2D eigenvalue weighted by Crippen LogP contribution is 2.30. The molecule has 3 rings (SSSR count). The zero-order chi connectivity index (χ0) is 17.9. The van der Waals surface area contributed by atoms with Gasteiger partial charge in [0.2, 0.25) is 17.7 Å². The van der Waals surface area contributed by atoms with Crippen LogP contribution in [0.1, 0.15) is 38.5 Å². The molecule has 0 spiro atoms. The van der Waals surface area contributed by atoms with Gasteiger partial charge in [-0.1, -0.05) is 25.0 Å². The summed E-state index contributed by atoms with van der Waals surface area (Å²) in [5, 5.41) is 5.76. The first-order chi connectivity index (χ1) is 12.0. The number of carbonyl (C=O) groups is 3. The fourth-order valence-electron chi connectivity index (χ4n) is 3.60. The van der Waals surface area contributed by atoms with Gasteiger partial charge in [-0.3, -0.25) is 14.4 Å². The Morgan fingerprint density at radius 2 is 1.88 bits per heavy atom. The van der Waals surface area contributed by atoms with Crippen molar-refractivity contribution in [1.82, 2.24) is 5.32 Å². The molecule has 0 saturated heterocycles. The number of carbonyl (C=O) groups excluding carboxylic acids is 3. The summed E-state index contributed by atoms with van der Waals surface area (Å²) in [5.74, 6) is -0.620. The van der Waals surface area contributed by atoms with Gasteiger partial charge in [-0.2, -0.15) is 0 Å². The Bertz CT molecular complexity index is 689. The van der Waals surface area contributed by atoms with Crippen molar-refractivity contribution in [3.05, 3.63) is 24.3 Å². The van der Waals surface area contributed by atoms with E-state index in [1.54, 1.807) is 18.2 Å². The van der Waals surface area contributed by atoms with Gasteiger partial charge in [-0.05, 0) is 25.0 Å². The number of nitrogens with zero attached hydrogens (tertiary/aromatic N) is 1. The van der Waals surface area contributed by atoms with Crippen molar-refractivity contribution in [1.29, 1.82) is 0 Å². The first-order valence-corrected chi connectivity index (χ1v) is 8.73. The zero-order valence-electron chi connectivity index (χ0n) is 14.6. The number of nitrogens with one attached hydrogen (secondary N) is 2. The van der Waals surface area contributed by atoms with E-state index in [0.29, 0.717) is 17.9 Å². The predicted molar refractivity (Wildman–Crippen MR) is 102 cm³/mol. The maximum absolute atomic E-state index is 12.5. The quantitative estimate of drug-likeness (QED) is 0.720. The first-order valence-electron chi connectivity index (χ1n) is 8.73. The number of nitrogens with two attached hydrogens (primary N) is 1. The van der Waals surface area contributed by atoms with Crippen LogP contribution < -0.4 is 21.3 Å². The standard InChI is InChI=1S/C18H24N4O3.ClH/c19-12-18(9-3-4-10-18)21-15(23)7-8-17(25)22-11-16(24)20-13-5-1-2-6-14(13)22;/h1-2,5-6H,3-4,7-12,19H2,(H,20,24)(H,21,23);1H. The molecule has 1 fully saturated rings. The fourth-order valence-corrected chi connectivity index (χ4v) is 3.60. The van der Waals surface area contributed by atoms with E-state index in [1.807, 2.05) is 6.07 Å². The van der Waals surface area contributed by atoms with Crippen molar-refractivity contribution < 1.29 is 14.4 Å². The molecule has 0 aromatic heterocycles. The Hall–Kier alpha value is -2.12. The number of fused-ring (bicyclic) bond motifs is 1. The Labute approximate surface area is 159 Å². The van der Waals surface area contributed by atoms with Crippen LogP contribution in [-0.4, -0.2) is 36.3 Å². The van der Waals surface area contributed by atoms with Crippen LogP contribution in [0.25, 0.3) is 0 Å². The average Bonchev–Trinajstić information content (AvgIpc) is 3.08. The Kier molecular flexibility index (Phi) is 6.61. The van der Waals surface area contributed by atoms with Crippen molar-refractivity contribution in [2.45, 2.75) is 44.1 Å². The summed E-state index contributed by atoms with van der Waals surface area (Å²) in [4.78, 5) is 38.0. The Morgan fingerprint density at radius 1 is 1.19 bits per heavy atom. The van der Waals surface area contributed by atoms with E-state index in [0.717, 1.165) is 25.7 Å². The van der Waals surface area contributed by atoms with Crippen LogP contribution in [0.4, 0.5) is 11.4 Å². The van der Waals surface area contributed by atoms with E-state index in [4.69, 9.17) is 5.73 Å². The minimum Gasteiger partial charge on any atom is -0.349 e. The molecule has 26 heavy (non-hydrogen) atoms. The molecule has 7 nitrogen and oxygen atoms in total. The van der Waals surface area contributed by atoms with Crippen LogP contribution in [0, 0.1) is 0 Å². The molecule has 1 aliphatic carbocycles. The molecular weight excluding hydrogens is 356 g/mol. The van der Waals surface area contributed by atoms with Gasteiger partial charge in [-0.25, -0.2) is 0 Å². The summed E-state index contributed by atoms with van der Waals surface area (Å²) in [6, 6.07) is 7.15. The largest absolute Gasteiger partial charge is 0.349 e. The second-order valence-electron chi connectivity index (χ2n) is 6.78. The summed E-state index contributed by atoms with van der Waals surface area (Å²) in [6.07, 6.45) is 4.08. The minimum atomic E-state index is -0.308. The van der Waals surface area contributed by atoms with Gasteiger partial charge in [0.05, 0.1) is 16.9 Å². The molecule has 1 aromatic carbocycles. The number of halogens is 1. The van der Waals surface area contributed by atoms with E-state index in [2.05, 4.69) is 10.6 Å². The van der Waals surface area contributed by atoms with E-state index in [1.165, 1.54) is 4.90 Å². The van der Waals surface area contributed by atoms with Crippen LogP contribution in [-0.2, 0) is 14.4 Å². The highest BCUT2D eigenvalue weighted by molar-refractivity contribution is 6.10. The number of hydrogen-bond acceptors (Lipinski definition) is 4. The number of para-hydroxylation sites is 2. The number of amides is 3. The van der Waals surface area contributed by atoms with E-state index in [-0.39, 0.29) is 55.1 Å². The summed E-state index contributed by atoms with van der Waals surface area (Å²) in [7, 11) is 0. The van der Waals surface area contributed by atoms with Crippen LogP contribution in [0.15, 0.2) is 24.3 Å². The predicted octanol–water partition coefficient (Wildman–Crippen LogP) is 1.56. The normalized spacial score (nSPS) is 17.7. The van der Waals surface area contributed by atoms with Crippen molar-refractivity contribution in [3.63, 3.8) is 0 Å². The highest BCUT2D eigenvalue weighted by atomic mass is 35.5. The average molecular weight is 381 g/mol. The van der Waals surface area contributed by atoms with Crippen molar-refractivity contribution in [2.24, 2.45) is 5.73 Å². The van der Waals surface area contributed by atoms with Gasteiger partial charge >= 0.3 is 0 Å². The second-order valence-corrected chi connectivity index (χ2v) is 6.78. The summed E-state index contributed by atoms with van der Waals surface area (Å²) >= 11 is 0. The van der Waals surface area contributed by atoms with Gasteiger partial charge in [0.25, 0.3) is 0 Å². The third kappa shape index (κ3) is 4.34. The number of hydrogen-bond donors (Lipinski definition) is 3. The molecule has 1 saturated carbocycles. The lowest BCUT2D eigenvalue weighted by atomic mass is 9.97. The van der Waals surface area contributed by atoms with Crippen molar-refractivity contribution >= 4 is 41.5 Å². The molecule has 1 aliphatic heterocycles. The number of benzene rings is 1. The van der Waals surface area contributed by atoms with Crippen molar-refractivity contribution in [2.75, 3.05) is 23.3 Å². The van der Waals surface area contributed by atoms with Crippen LogP contribution in [0.2, 0.25) is 0 Å². The van der Waals surface area contributed by atoms with E-state index in [9.17, 15) is 14.4 Å². The van der Waals surface area contributed by atoms with Gasteiger partial charge in [0.15, 0.2) is 0 Å². The third-order valence-electron chi connectivity index (χ3n) is 4.99. The van der Waals surface area contributed by atoms with E-state index < -0.39 is 0 Å². The molecule has 8 heteroatoms. The maximum Gasteiger partial charge on any atom is 0.244 e. The van der Waals surface area contributed by atoms with Crippen LogP contribution in [0.3, 0.4) is 0 Å². The molecule has 142 valence electrons. The fraction of sp³-hybridized carbons (Fsp3) is 0.500. The molecule has 1 heterocycles. The summed E-state index contributed by atoms with van der Waals surface area (Å²) in [5.41, 5.74) is 6.80. The molecule has 0 bridgehead atoms. The molecular formula is C18H25ClN4O3. The molecule has 3 amide bonds. The molecule has 0 atom stereocenters. The van der Waals surface area contributed by atoms with Gasteiger partial charge in [0.1, 0.15) is 6.54 Å². The molecule has 0 radical (unpaired) electrons. The third-order valence-corrected chi connectivity index (χ3v) is 4.99. The van der Waals surface area contributed by atoms with E-state index >= 15 is 0 Å². The smallest absolute Gasteiger partial charge is 0.244 e. The Balaban J connectivity index is 0.00000243. The van der Waals surface area contributed by atoms with Crippen LogP contribution in [0.5, 0.6) is 0 Å². The second kappa shape index (κ2) is 8.51. The Morgan fingerprint density at radius 3 is 2.58 bits per heavy atom. The lowest BCUT2D eigenvalue weighted by Crippen LogP contribution is -2.51. The number of rotatable bonds is 5. The molecule has 1 aromatic rings. The SMILES string of the molecule is Cl.NCC1(NC(=O)CCC(=O)N2CC(=O)Nc3ccccc32)CCCC1. The number of anilines is 2. The molecule has 0 unspecified atom stereocenters. The lowest BCUT2D eigenvalue weighted by Gasteiger charge is -2.30. The lowest BCUT2D eigenvalue weighted by molar-refractivity contribution is -0.126. The van der Waals surface area contributed by atoms with Gasteiger partial charge in [0, 0.05) is 19.4 Å². The van der Waals surface area contributed by atoms with Crippen molar-refractivity contribution in [3.8, 4) is 0 Å². The first kappa shape index (κ1) is 20.2. The maximum atomic E-state index is 12.5. The summed E-state index contributed by atoms with van der Waals surface area (Å²) in [6.45, 7) is 0.399.